The second kappa shape index (κ2) is 5.40. The van der Waals surface area contributed by atoms with Crippen LogP contribution in [0.4, 0.5) is 0 Å². The van der Waals surface area contributed by atoms with Crippen LogP contribution in [0.15, 0.2) is 11.4 Å². The summed E-state index contributed by atoms with van der Waals surface area (Å²) in [4.78, 5) is 12.3. The molecule has 0 spiro atoms. The van der Waals surface area contributed by atoms with Gasteiger partial charge < -0.3 is 0 Å². The molecule has 0 saturated carbocycles. The van der Waals surface area contributed by atoms with Crippen molar-refractivity contribution in [3.8, 4) is 0 Å². The lowest BCUT2D eigenvalue weighted by molar-refractivity contribution is -0.119. The van der Waals surface area contributed by atoms with Crippen molar-refractivity contribution in [2.45, 2.75) is 32.6 Å². The Bertz CT molecular complexity index is 280. The van der Waals surface area contributed by atoms with Gasteiger partial charge >= 0.3 is 0 Å². The average Bonchev–Trinajstić information content (AvgIpc) is 2.48. The predicted molar refractivity (Wildman–Crippen MR) is 57.6 cm³/mol. The molecule has 0 atom stereocenters. The lowest BCUT2D eigenvalue weighted by Gasteiger charge is -1.97. The molecule has 0 aliphatic heterocycles. The highest BCUT2D eigenvalue weighted by molar-refractivity contribution is 7.10. The maximum absolute atomic E-state index is 11.2. The lowest BCUT2D eigenvalue weighted by Crippen LogP contribution is -1.98. The molecule has 1 heterocycles. The zero-order chi connectivity index (χ0) is 9.68. The Morgan fingerprint density at radius 2 is 2.31 bits per heavy atom. The number of thiophene rings is 1. The van der Waals surface area contributed by atoms with E-state index in [-0.39, 0.29) is 0 Å². The molecule has 0 aliphatic rings. The Morgan fingerprint density at radius 3 is 2.85 bits per heavy atom. The molecule has 0 saturated heterocycles. The minimum absolute atomic E-state index is 0.340. The van der Waals surface area contributed by atoms with E-state index in [4.69, 9.17) is 11.6 Å². The Labute approximate surface area is 87.7 Å². The molecule has 0 amide bonds. The number of hydrogen-bond donors (Lipinski definition) is 0. The summed E-state index contributed by atoms with van der Waals surface area (Å²) in [6.45, 7) is 2.02. The molecular weight excluding hydrogens is 204 g/mol. The predicted octanol–water partition coefficient (Wildman–Crippen LogP) is 3.70. The summed E-state index contributed by atoms with van der Waals surface area (Å²) in [7, 11) is 0. The molecule has 1 rings (SSSR count). The molecule has 1 aromatic heterocycles. The molecule has 0 bridgehead atoms. The van der Waals surface area contributed by atoms with Crippen molar-refractivity contribution in [1.29, 1.82) is 0 Å². The standard InChI is InChI=1S/C10H13ClOS/c1-2-3-8(12)4-5-10-9(11)6-7-13-10/h6-7H,2-5H2,1H3. The van der Waals surface area contributed by atoms with E-state index < -0.39 is 0 Å². The van der Waals surface area contributed by atoms with E-state index in [1.54, 1.807) is 11.3 Å². The third kappa shape index (κ3) is 3.49. The number of hydrogen-bond acceptors (Lipinski definition) is 2. The molecular formula is C10H13ClOS. The van der Waals surface area contributed by atoms with Crippen LogP contribution in [-0.4, -0.2) is 5.78 Å². The first-order chi connectivity index (χ1) is 6.24. The maximum Gasteiger partial charge on any atom is 0.133 e. The van der Waals surface area contributed by atoms with Crippen LogP contribution in [0.2, 0.25) is 5.02 Å². The first kappa shape index (κ1) is 10.7. The molecule has 0 aromatic carbocycles. The number of ketones is 1. The summed E-state index contributed by atoms with van der Waals surface area (Å²) in [5.74, 6) is 0.340. The molecule has 1 nitrogen and oxygen atoms in total. The van der Waals surface area contributed by atoms with Gasteiger partial charge in [0, 0.05) is 17.7 Å². The Hall–Kier alpha value is -0.340. The molecule has 72 valence electrons. The lowest BCUT2D eigenvalue weighted by atomic mass is 10.1. The third-order valence-electron chi connectivity index (χ3n) is 1.85. The normalized spacial score (nSPS) is 10.3. The summed E-state index contributed by atoms with van der Waals surface area (Å²) >= 11 is 7.52. The third-order valence-corrected chi connectivity index (χ3v) is 3.30. The smallest absolute Gasteiger partial charge is 0.133 e. The van der Waals surface area contributed by atoms with Crippen molar-refractivity contribution in [3.05, 3.63) is 21.3 Å². The summed E-state index contributed by atoms with van der Waals surface area (Å²) in [6.07, 6.45) is 3.07. The Balaban J connectivity index is 2.35. The van der Waals surface area contributed by atoms with E-state index in [9.17, 15) is 4.79 Å². The fourth-order valence-corrected chi connectivity index (χ4v) is 2.30. The van der Waals surface area contributed by atoms with Gasteiger partial charge in [-0.05, 0) is 24.3 Å². The van der Waals surface area contributed by atoms with Gasteiger partial charge in [-0.15, -0.1) is 11.3 Å². The van der Waals surface area contributed by atoms with Gasteiger partial charge in [-0.2, -0.15) is 0 Å². The van der Waals surface area contributed by atoms with Crippen LogP contribution in [0.25, 0.3) is 0 Å². The van der Waals surface area contributed by atoms with Crippen LogP contribution >= 0.6 is 22.9 Å². The van der Waals surface area contributed by atoms with Crippen LogP contribution in [0.5, 0.6) is 0 Å². The fraction of sp³-hybridized carbons (Fsp3) is 0.500. The van der Waals surface area contributed by atoms with Crippen molar-refractivity contribution in [2.24, 2.45) is 0 Å². The van der Waals surface area contributed by atoms with E-state index in [2.05, 4.69) is 0 Å². The highest BCUT2D eigenvalue weighted by Crippen LogP contribution is 2.23. The van der Waals surface area contributed by atoms with Crippen molar-refractivity contribution < 1.29 is 4.79 Å². The van der Waals surface area contributed by atoms with Gasteiger partial charge in [-0.1, -0.05) is 18.5 Å². The fourth-order valence-electron chi connectivity index (χ4n) is 1.16. The number of carbonyl (C=O) groups is 1. The average molecular weight is 217 g/mol. The van der Waals surface area contributed by atoms with Gasteiger partial charge in [0.25, 0.3) is 0 Å². The van der Waals surface area contributed by atoms with E-state index in [0.29, 0.717) is 18.6 Å². The monoisotopic (exact) mass is 216 g/mol. The van der Waals surface area contributed by atoms with Crippen molar-refractivity contribution in [1.82, 2.24) is 0 Å². The molecule has 1 aromatic rings. The van der Waals surface area contributed by atoms with Gasteiger partial charge in [-0.3, -0.25) is 4.79 Å². The zero-order valence-corrected chi connectivity index (χ0v) is 9.25. The molecule has 0 radical (unpaired) electrons. The second-order valence-electron chi connectivity index (χ2n) is 2.98. The highest BCUT2D eigenvalue weighted by atomic mass is 35.5. The Kier molecular flexibility index (Phi) is 4.46. The number of Topliss-reactive ketones (excluding diaryl/α,β-unsaturated/α-hetero) is 1. The van der Waals surface area contributed by atoms with Gasteiger partial charge in [0.1, 0.15) is 5.78 Å². The molecule has 3 heteroatoms. The van der Waals surface area contributed by atoms with Gasteiger partial charge in [0.15, 0.2) is 0 Å². The van der Waals surface area contributed by atoms with Crippen molar-refractivity contribution >= 4 is 28.7 Å². The Morgan fingerprint density at radius 1 is 1.54 bits per heavy atom. The summed E-state index contributed by atoms with van der Waals surface area (Å²) < 4.78 is 0. The van der Waals surface area contributed by atoms with Crippen LogP contribution in [0.1, 0.15) is 31.1 Å². The first-order valence-electron chi connectivity index (χ1n) is 4.47. The quantitative estimate of drug-likeness (QED) is 0.734. The van der Waals surface area contributed by atoms with Crippen LogP contribution in [-0.2, 0) is 11.2 Å². The highest BCUT2D eigenvalue weighted by Gasteiger charge is 2.05. The molecule has 0 unspecified atom stereocenters. The van der Waals surface area contributed by atoms with Crippen LogP contribution in [0.3, 0.4) is 0 Å². The second-order valence-corrected chi connectivity index (χ2v) is 4.39. The minimum Gasteiger partial charge on any atom is -0.300 e. The van der Waals surface area contributed by atoms with E-state index in [1.165, 1.54) is 0 Å². The summed E-state index contributed by atoms with van der Waals surface area (Å²) in [6, 6.07) is 1.88. The number of aryl methyl sites for hydroxylation is 1. The van der Waals surface area contributed by atoms with Crippen LogP contribution in [0, 0.1) is 0 Å². The molecule has 0 fully saturated rings. The maximum atomic E-state index is 11.2. The van der Waals surface area contributed by atoms with Crippen molar-refractivity contribution in [3.63, 3.8) is 0 Å². The minimum atomic E-state index is 0.340. The van der Waals surface area contributed by atoms with E-state index >= 15 is 0 Å². The van der Waals surface area contributed by atoms with Crippen LogP contribution < -0.4 is 0 Å². The first-order valence-corrected chi connectivity index (χ1v) is 5.73. The molecule has 0 N–H and O–H groups in total. The molecule has 13 heavy (non-hydrogen) atoms. The van der Waals surface area contributed by atoms with Gasteiger partial charge in [0.2, 0.25) is 0 Å². The van der Waals surface area contributed by atoms with E-state index in [1.807, 2.05) is 18.4 Å². The number of carbonyl (C=O) groups excluding carboxylic acids is 1. The number of rotatable bonds is 5. The SMILES string of the molecule is CCCC(=O)CCc1sccc1Cl. The molecule has 0 aliphatic carbocycles. The van der Waals surface area contributed by atoms with Gasteiger partial charge in [0.05, 0.1) is 5.02 Å². The van der Waals surface area contributed by atoms with Gasteiger partial charge in [-0.25, -0.2) is 0 Å². The largest absolute Gasteiger partial charge is 0.300 e. The van der Waals surface area contributed by atoms with E-state index in [0.717, 1.165) is 22.7 Å². The summed E-state index contributed by atoms with van der Waals surface area (Å²) in [5.41, 5.74) is 0. The topological polar surface area (TPSA) is 17.1 Å². The summed E-state index contributed by atoms with van der Waals surface area (Å²) in [5, 5.41) is 2.76. The zero-order valence-electron chi connectivity index (χ0n) is 7.68. The van der Waals surface area contributed by atoms with Crippen molar-refractivity contribution in [2.75, 3.05) is 0 Å². The number of halogens is 1.